The zero-order chi connectivity index (χ0) is 11.2. The summed E-state index contributed by atoms with van der Waals surface area (Å²) in [6, 6.07) is 3.06. The molecule has 78 valence electrons. The molecule has 0 spiro atoms. The highest BCUT2D eigenvalue weighted by Gasteiger charge is 2.14. The molecule has 0 bridgehead atoms. The van der Waals surface area contributed by atoms with E-state index < -0.39 is 0 Å². The van der Waals surface area contributed by atoms with Gasteiger partial charge >= 0.3 is 0 Å². The normalized spacial score (nSPS) is 10.9. The van der Waals surface area contributed by atoms with Crippen LogP contribution < -0.4 is 0 Å². The van der Waals surface area contributed by atoms with E-state index in [-0.39, 0.29) is 11.6 Å². The lowest BCUT2D eigenvalue weighted by molar-refractivity contribution is 0.101. The fourth-order valence-corrected chi connectivity index (χ4v) is 2.14. The fourth-order valence-electron chi connectivity index (χ4n) is 1.69. The second-order valence-corrected chi connectivity index (χ2v) is 4.26. The molecule has 0 atom stereocenters. The molecule has 15 heavy (non-hydrogen) atoms. The Morgan fingerprint density at radius 1 is 1.47 bits per heavy atom. The van der Waals surface area contributed by atoms with Crippen LogP contribution in [0.2, 0.25) is 0 Å². The van der Waals surface area contributed by atoms with Crippen molar-refractivity contribution in [2.24, 2.45) is 0 Å². The Bertz CT molecular complexity index is 559. The maximum Gasteiger partial charge on any atom is 0.176 e. The number of hydrogen-bond acceptors (Lipinski definition) is 1. The Morgan fingerprint density at radius 3 is 2.73 bits per heavy atom. The molecule has 0 unspecified atom stereocenters. The van der Waals surface area contributed by atoms with E-state index in [1.165, 1.54) is 13.0 Å². The van der Waals surface area contributed by atoms with Gasteiger partial charge in [-0.05, 0) is 40.5 Å². The topological polar surface area (TPSA) is 32.9 Å². The lowest BCUT2D eigenvalue weighted by Crippen LogP contribution is -1.93. The van der Waals surface area contributed by atoms with E-state index in [9.17, 15) is 9.18 Å². The van der Waals surface area contributed by atoms with Crippen LogP contribution >= 0.6 is 15.9 Å². The molecular formula is C11H9BrFNO. The van der Waals surface area contributed by atoms with Crippen molar-refractivity contribution in [3.05, 3.63) is 33.7 Å². The van der Waals surface area contributed by atoms with Crippen molar-refractivity contribution in [1.29, 1.82) is 0 Å². The molecular weight excluding hydrogens is 261 g/mol. The van der Waals surface area contributed by atoms with Gasteiger partial charge in [0.25, 0.3) is 0 Å². The third-order valence-electron chi connectivity index (χ3n) is 2.48. The minimum Gasteiger partial charge on any atom is -0.351 e. The summed E-state index contributed by atoms with van der Waals surface area (Å²) in [7, 11) is 0. The number of halogens is 2. The molecule has 1 aromatic carbocycles. The van der Waals surface area contributed by atoms with E-state index in [4.69, 9.17) is 0 Å². The van der Waals surface area contributed by atoms with Gasteiger partial charge in [-0.3, -0.25) is 4.79 Å². The zero-order valence-corrected chi connectivity index (χ0v) is 9.90. The minimum absolute atomic E-state index is 0.0454. The van der Waals surface area contributed by atoms with Gasteiger partial charge in [-0.15, -0.1) is 0 Å². The average molecular weight is 270 g/mol. The van der Waals surface area contributed by atoms with E-state index in [0.29, 0.717) is 15.7 Å². The maximum atomic E-state index is 13.2. The molecule has 0 fully saturated rings. The standard InChI is InChI=1S/C11H9BrFNO/c1-5-7-3-4-8(13)9(12)11(7)14-10(5)6(2)15/h3-4,14H,1-2H3. The van der Waals surface area contributed by atoms with Gasteiger partial charge in [0, 0.05) is 12.3 Å². The predicted octanol–water partition coefficient (Wildman–Crippen LogP) is 3.58. The van der Waals surface area contributed by atoms with E-state index >= 15 is 0 Å². The number of carbonyl (C=O) groups excluding carboxylic acids is 1. The highest BCUT2D eigenvalue weighted by Crippen LogP contribution is 2.30. The van der Waals surface area contributed by atoms with Crippen LogP contribution in [0.4, 0.5) is 4.39 Å². The first-order valence-electron chi connectivity index (χ1n) is 4.49. The van der Waals surface area contributed by atoms with Crippen molar-refractivity contribution in [3.8, 4) is 0 Å². The predicted molar refractivity (Wildman–Crippen MR) is 60.7 cm³/mol. The van der Waals surface area contributed by atoms with Crippen molar-refractivity contribution < 1.29 is 9.18 Å². The quantitative estimate of drug-likeness (QED) is 0.789. The van der Waals surface area contributed by atoms with Gasteiger partial charge in [-0.25, -0.2) is 4.39 Å². The van der Waals surface area contributed by atoms with Crippen molar-refractivity contribution >= 4 is 32.6 Å². The molecule has 2 nitrogen and oxygen atoms in total. The van der Waals surface area contributed by atoms with Crippen molar-refractivity contribution in [3.63, 3.8) is 0 Å². The Balaban J connectivity index is 2.88. The van der Waals surface area contributed by atoms with E-state index in [0.717, 1.165) is 10.9 Å². The van der Waals surface area contributed by atoms with Crippen LogP contribution in [-0.4, -0.2) is 10.8 Å². The Hall–Kier alpha value is -1.16. The summed E-state index contributed by atoms with van der Waals surface area (Å²) in [6.07, 6.45) is 0. The third kappa shape index (κ3) is 1.49. The van der Waals surface area contributed by atoms with E-state index in [1.807, 2.05) is 6.92 Å². The van der Waals surface area contributed by atoms with Crippen molar-refractivity contribution in [1.82, 2.24) is 4.98 Å². The van der Waals surface area contributed by atoms with E-state index in [1.54, 1.807) is 6.07 Å². The molecule has 0 aliphatic rings. The largest absolute Gasteiger partial charge is 0.351 e. The molecule has 1 N–H and O–H groups in total. The Morgan fingerprint density at radius 2 is 2.13 bits per heavy atom. The number of nitrogens with one attached hydrogen (secondary N) is 1. The first-order chi connectivity index (χ1) is 7.02. The van der Waals surface area contributed by atoms with Gasteiger partial charge < -0.3 is 4.98 Å². The summed E-state index contributed by atoms with van der Waals surface area (Å²) >= 11 is 3.16. The van der Waals surface area contributed by atoms with Crippen LogP contribution in [0.5, 0.6) is 0 Å². The first-order valence-corrected chi connectivity index (χ1v) is 5.29. The molecule has 0 radical (unpaired) electrons. The number of hydrogen-bond donors (Lipinski definition) is 1. The number of Topliss-reactive ketones (excluding diaryl/α,β-unsaturated/α-hetero) is 1. The van der Waals surface area contributed by atoms with Gasteiger partial charge in [-0.1, -0.05) is 0 Å². The molecule has 0 saturated heterocycles. The lowest BCUT2D eigenvalue weighted by atomic mass is 10.1. The molecule has 0 amide bonds. The van der Waals surface area contributed by atoms with E-state index in [2.05, 4.69) is 20.9 Å². The van der Waals surface area contributed by atoms with Crippen molar-refractivity contribution in [2.75, 3.05) is 0 Å². The second-order valence-electron chi connectivity index (χ2n) is 3.47. The number of H-pyrrole nitrogens is 1. The van der Waals surface area contributed by atoms with Gasteiger partial charge in [0.15, 0.2) is 5.78 Å². The SMILES string of the molecule is CC(=O)c1[nH]c2c(Br)c(F)ccc2c1C. The highest BCUT2D eigenvalue weighted by atomic mass is 79.9. The molecule has 1 heterocycles. The Labute approximate surface area is 94.6 Å². The first kappa shape index (κ1) is 10.4. The number of fused-ring (bicyclic) bond motifs is 1. The van der Waals surface area contributed by atoms with Crippen molar-refractivity contribution in [2.45, 2.75) is 13.8 Å². The number of rotatable bonds is 1. The maximum absolute atomic E-state index is 13.2. The van der Waals surface area contributed by atoms with Crippen LogP contribution in [0.3, 0.4) is 0 Å². The molecule has 2 rings (SSSR count). The third-order valence-corrected chi connectivity index (χ3v) is 3.25. The highest BCUT2D eigenvalue weighted by molar-refractivity contribution is 9.10. The number of benzene rings is 1. The van der Waals surface area contributed by atoms with Crippen LogP contribution in [0, 0.1) is 12.7 Å². The Kier molecular flexibility index (Phi) is 2.38. The number of aromatic nitrogens is 1. The molecule has 0 saturated carbocycles. The van der Waals surface area contributed by atoms with Crippen LogP contribution in [0.15, 0.2) is 16.6 Å². The average Bonchev–Trinajstić information content (AvgIpc) is 2.51. The molecule has 0 aliphatic carbocycles. The smallest absolute Gasteiger partial charge is 0.176 e. The van der Waals surface area contributed by atoms with Gasteiger partial charge in [0.2, 0.25) is 0 Å². The molecule has 1 aromatic heterocycles. The van der Waals surface area contributed by atoms with Gasteiger partial charge in [0.1, 0.15) is 5.82 Å². The lowest BCUT2D eigenvalue weighted by Gasteiger charge is -1.95. The molecule has 2 aromatic rings. The molecule has 4 heteroatoms. The molecule has 0 aliphatic heterocycles. The monoisotopic (exact) mass is 269 g/mol. The number of ketones is 1. The second kappa shape index (κ2) is 3.45. The number of aromatic amines is 1. The van der Waals surface area contributed by atoms with Crippen LogP contribution in [-0.2, 0) is 0 Å². The summed E-state index contributed by atoms with van der Waals surface area (Å²) in [6.45, 7) is 3.34. The van der Waals surface area contributed by atoms with Crippen LogP contribution in [0.25, 0.3) is 10.9 Å². The zero-order valence-electron chi connectivity index (χ0n) is 8.32. The summed E-state index contributed by atoms with van der Waals surface area (Å²) < 4.78 is 13.6. The minimum atomic E-state index is -0.334. The number of aryl methyl sites for hydroxylation is 1. The number of carbonyl (C=O) groups is 1. The summed E-state index contributed by atoms with van der Waals surface area (Å²) in [5, 5.41) is 0.869. The van der Waals surface area contributed by atoms with Gasteiger partial charge in [0.05, 0.1) is 15.7 Å². The summed E-state index contributed by atoms with van der Waals surface area (Å²) in [5.74, 6) is -0.380. The van der Waals surface area contributed by atoms with Gasteiger partial charge in [-0.2, -0.15) is 0 Å². The van der Waals surface area contributed by atoms with Crippen LogP contribution in [0.1, 0.15) is 23.0 Å². The fraction of sp³-hybridized carbons (Fsp3) is 0.182. The summed E-state index contributed by atoms with van der Waals surface area (Å²) in [4.78, 5) is 14.2. The summed E-state index contributed by atoms with van der Waals surface area (Å²) in [5.41, 5.74) is 2.03.